The van der Waals surface area contributed by atoms with Crippen molar-refractivity contribution in [1.29, 1.82) is 0 Å². The highest BCUT2D eigenvalue weighted by Crippen LogP contribution is 2.35. The fourth-order valence-corrected chi connectivity index (χ4v) is 4.82. The van der Waals surface area contributed by atoms with Crippen LogP contribution in [0.3, 0.4) is 0 Å². The summed E-state index contributed by atoms with van der Waals surface area (Å²) in [5.74, 6) is 0.0405. The number of carbonyl (C=O) groups is 1. The second-order valence-corrected chi connectivity index (χ2v) is 9.22. The first kappa shape index (κ1) is 22.7. The molecule has 4 aromatic carbocycles. The number of amides is 1. The lowest BCUT2D eigenvalue weighted by Gasteiger charge is -2.22. The number of nitrogens with zero attached hydrogens (tertiary/aromatic N) is 2. The molecule has 0 aliphatic heterocycles. The van der Waals surface area contributed by atoms with Gasteiger partial charge in [0, 0.05) is 0 Å². The van der Waals surface area contributed by atoms with Crippen LogP contribution in [-0.4, -0.2) is 21.0 Å². The molecule has 1 atom stereocenters. The molecule has 1 amide bonds. The first-order valence-electron chi connectivity index (χ1n) is 12.2. The van der Waals surface area contributed by atoms with Gasteiger partial charge in [0.25, 0.3) is 0 Å². The summed E-state index contributed by atoms with van der Waals surface area (Å²) in [6.45, 7) is 0. The van der Waals surface area contributed by atoms with E-state index < -0.39 is 6.10 Å². The van der Waals surface area contributed by atoms with E-state index in [4.69, 9.17) is 15.7 Å². The number of fused-ring (bicyclic) bond motifs is 4. The highest BCUT2D eigenvalue weighted by Gasteiger charge is 2.26. The SMILES string of the molecule is Nc1c#cc2c(c1)CCc1nc(NC(=O)Cc3ccc4ccccc4c3)c(C(O)c3ccccc3)nc1-2. The van der Waals surface area contributed by atoms with Gasteiger partial charge in [0.2, 0.25) is 5.91 Å². The van der Waals surface area contributed by atoms with Gasteiger partial charge in [0.1, 0.15) is 17.5 Å². The Kier molecular flexibility index (Phi) is 5.76. The number of benzene rings is 3. The van der Waals surface area contributed by atoms with Gasteiger partial charge in [0.15, 0.2) is 5.82 Å². The van der Waals surface area contributed by atoms with E-state index in [9.17, 15) is 9.90 Å². The molecular weight excluding hydrogens is 460 g/mol. The fraction of sp³-hybridized carbons (Fsp3) is 0.129. The lowest BCUT2D eigenvalue weighted by Crippen LogP contribution is -2.21. The molecule has 0 saturated carbocycles. The normalized spacial score (nSPS) is 12.8. The molecule has 0 radical (unpaired) electrons. The quantitative estimate of drug-likeness (QED) is 0.331. The Morgan fingerprint density at radius 3 is 2.57 bits per heavy atom. The molecule has 1 aromatic heterocycles. The van der Waals surface area contributed by atoms with Gasteiger partial charge in [-0.1, -0.05) is 78.9 Å². The van der Waals surface area contributed by atoms with Crippen LogP contribution in [0.25, 0.3) is 22.0 Å². The van der Waals surface area contributed by atoms with E-state index in [1.807, 2.05) is 78.9 Å². The van der Waals surface area contributed by atoms with E-state index in [1.54, 1.807) is 0 Å². The molecule has 0 spiro atoms. The van der Waals surface area contributed by atoms with Crippen molar-refractivity contribution >= 4 is 28.2 Å². The number of carbonyl (C=O) groups excluding carboxylic acids is 1. The molecule has 0 fully saturated rings. The van der Waals surface area contributed by atoms with Gasteiger partial charge in [-0.15, -0.1) is 0 Å². The molecule has 1 unspecified atom stereocenters. The molecule has 1 aliphatic rings. The van der Waals surface area contributed by atoms with Gasteiger partial charge in [-0.05, 0) is 52.4 Å². The third-order valence-corrected chi connectivity index (χ3v) is 6.66. The predicted molar refractivity (Wildman–Crippen MR) is 144 cm³/mol. The summed E-state index contributed by atoms with van der Waals surface area (Å²) in [5, 5.41) is 16.4. The summed E-state index contributed by atoms with van der Waals surface area (Å²) in [6, 6.07) is 31.2. The number of nitrogens with one attached hydrogen (secondary N) is 1. The van der Waals surface area contributed by atoms with Crippen LogP contribution in [0.2, 0.25) is 0 Å². The maximum atomic E-state index is 13.1. The van der Waals surface area contributed by atoms with Crippen LogP contribution in [-0.2, 0) is 24.1 Å². The summed E-state index contributed by atoms with van der Waals surface area (Å²) in [4.78, 5) is 22.8. The van der Waals surface area contributed by atoms with Crippen LogP contribution >= 0.6 is 0 Å². The van der Waals surface area contributed by atoms with Gasteiger partial charge in [-0.2, -0.15) is 0 Å². The van der Waals surface area contributed by atoms with Gasteiger partial charge >= 0.3 is 0 Å². The van der Waals surface area contributed by atoms with E-state index in [1.165, 1.54) is 0 Å². The number of aliphatic hydroxyl groups is 1. The molecular formula is C31H24N4O2. The standard InChI is InChI=1S/C31H24N4O2/c32-24-13-14-25-23(18-24)12-15-26-28(25)35-29(30(37)21-7-2-1-3-8-21)31(33-26)34-27(36)17-19-10-11-20-6-4-5-9-22(20)16-19/h1-11,16,18,30,37H,12,15,17,32H2,(H,33,34,36). The minimum Gasteiger partial charge on any atom is -0.392 e. The zero-order valence-corrected chi connectivity index (χ0v) is 20.0. The monoisotopic (exact) mass is 484 g/mol. The lowest BCUT2D eigenvalue weighted by molar-refractivity contribution is -0.115. The minimum atomic E-state index is -1.07. The summed E-state index contributed by atoms with van der Waals surface area (Å²) >= 11 is 0. The first-order valence-corrected chi connectivity index (χ1v) is 12.2. The fourth-order valence-electron chi connectivity index (χ4n) is 4.82. The zero-order valence-electron chi connectivity index (χ0n) is 20.0. The second kappa shape index (κ2) is 9.38. The van der Waals surface area contributed by atoms with Gasteiger partial charge < -0.3 is 16.2 Å². The highest BCUT2D eigenvalue weighted by atomic mass is 16.3. The van der Waals surface area contributed by atoms with Gasteiger partial charge in [-0.25, -0.2) is 9.97 Å². The van der Waals surface area contributed by atoms with Crippen LogP contribution in [0.1, 0.15) is 34.2 Å². The van der Waals surface area contributed by atoms with Crippen LogP contribution in [0.4, 0.5) is 11.5 Å². The number of nitrogens with two attached hydrogens (primary N) is 1. The molecule has 180 valence electrons. The topological polar surface area (TPSA) is 101 Å². The van der Waals surface area contributed by atoms with Crippen molar-refractivity contribution in [2.45, 2.75) is 25.4 Å². The predicted octanol–water partition coefficient (Wildman–Crippen LogP) is 4.84. The molecule has 1 aliphatic carbocycles. The van der Waals surface area contributed by atoms with Gasteiger partial charge in [0.05, 0.1) is 23.4 Å². The summed E-state index contributed by atoms with van der Waals surface area (Å²) in [5.41, 5.74) is 11.5. The Morgan fingerprint density at radius 1 is 0.946 bits per heavy atom. The Balaban J connectivity index is 1.37. The average molecular weight is 485 g/mol. The Labute approximate surface area is 214 Å². The molecule has 0 bridgehead atoms. The number of rotatable bonds is 5. The Morgan fingerprint density at radius 2 is 1.73 bits per heavy atom. The number of nitrogen functional groups attached to an aromatic ring is 1. The lowest BCUT2D eigenvalue weighted by atomic mass is 9.92. The third kappa shape index (κ3) is 4.49. The van der Waals surface area contributed by atoms with Crippen molar-refractivity contribution < 1.29 is 9.90 Å². The van der Waals surface area contributed by atoms with Crippen molar-refractivity contribution in [3.8, 4) is 11.3 Å². The maximum Gasteiger partial charge on any atom is 0.229 e. The first-order chi connectivity index (χ1) is 18.0. The number of hydrogen-bond acceptors (Lipinski definition) is 5. The molecule has 1 heterocycles. The molecule has 6 nitrogen and oxygen atoms in total. The van der Waals surface area contributed by atoms with Crippen molar-refractivity contribution in [2.75, 3.05) is 11.1 Å². The van der Waals surface area contributed by atoms with Crippen LogP contribution in [0.15, 0.2) is 78.9 Å². The smallest absolute Gasteiger partial charge is 0.229 e. The highest BCUT2D eigenvalue weighted by molar-refractivity contribution is 5.93. The molecule has 0 saturated heterocycles. The summed E-state index contributed by atoms with van der Waals surface area (Å²) in [7, 11) is 0. The zero-order chi connectivity index (χ0) is 25.4. The van der Waals surface area contributed by atoms with E-state index in [0.29, 0.717) is 23.4 Å². The van der Waals surface area contributed by atoms with E-state index in [-0.39, 0.29) is 23.8 Å². The van der Waals surface area contributed by atoms with Crippen molar-refractivity contribution in [2.24, 2.45) is 0 Å². The molecule has 5 aromatic rings. The van der Waals surface area contributed by atoms with Crippen molar-refractivity contribution in [3.05, 3.63) is 119 Å². The van der Waals surface area contributed by atoms with E-state index in [2.05, 4.69) is 17.4 Å². The number of anilines is 2. The number of aromatic nitrogens is 2. The average Bonchev–Trinajstić information content (AvgIpc) is 2.92. The third-order valence-electron chi connectivity index (χ3n) is 6.66. The van der Waals surface area contributed by atoms with Crippen LogP contribution in [0, 0.1) is 12.1 Å². The van der Waals surface area contributed by atoms with Crippen molar-refractivity contribution in [3.63, 3.8) is 0 Å². The second-order valence-electron chi connectivity index (χ2n) is 9.22. The number of aliphatic hydroxyl groups excluding tert-OH is 1. The minimum absolute atomic E-state index is 0.176. The molecule has 6 rings (SSSR count). The van der Waals surface area contributed by atoms with Gasteiger partial charge in [-0.3, -0.25) is 4.79 Å². The Bertz CT molecular complexity index is 1630. The summed E-state index contributed by atoms with van der Waals surface area (Å²) < 4.78 is 0. The number of aryl methyl sites for hydroxylation is 2. The maximum absolute atomic E-state index is 13.1. The Hall–Kier alpha value is -4.73. The van der Waals surface area contributed by atoms with Crippen LogP contribution in [0.5, 0.6) is 0 Å². The molecule has 37 heavy (non-hydrogen) atoms. The van der Waals surface area contributed by atoms with Crippen molar-refractivity contribution in [1.82, 2.24) is 9.97 Å². The van der Waals surface area contributed by atoms with E-state index in [0.717, 1.165) is 39.6 Å². The molecule has 4 N–H and O–H groups in total. The van der Waals surface area contributed by atoms with E-state index >= 15 is 0 Å². The molecule has 6 heteroatoms. The summed E-state index contributed by atoms with van der Waals surface area (Å²) in [6.07, 6.45) is 0.479. The largest absolute Gasteiger partial charge is 0.392 e. The number of hydrogen-bond donors (Lipinski definition) is 3. The van der Waals surface area contributed by atoms with Crippen LogP contribution < -0.4 is 11.1 Å².